The number of halogens is 2. The number of nitrogens with zero attached hydrogens (tertiary/aromatic N) is 1. The van der Waals surface area contributed by atoms with Gasteiger partial charge in [0.05, 0.1) is 5.02 Å². The lowest BCUT2D eigenvalue weighted by molar-refractivity contribution is 0.623. The maximum absolute atomic E-state index is 13.2. The highest BCUT2D eigenvalue weighted by atomic mass is 35.5. The van der Waals surface area contributed by atoms with Crippen LogP contribution in [0.2, 0.25) is 5.02 Å². The summed E-state index contributed by atoms with van der Waals surface area (Å²) in [4.78, 5) is 0. The van der Waals surface area contributed by atoms with Crippen molar-refractivity contribution in [3.8, 4) is 0 Å². The minimum absolute atomic E-state index is 0.148. The molecule has 1 aromatic heterocycles. The van der Waals surface area contributed by atoms with Gasteiger partial charge in [-0.25, -0.2) is 4.39 Å². The van der Waals surface area contributed by atoms with E-state index in [-0.39, 0.29) is 10.8 Å². The second kappa shape index (κ2) is 4.68. The molecule has 0 aliphatic rings. The number of hydrogen-bond acceptors (Lipinski definition) is 1. The molecule has 0 unspecified atom stereocenters. The van der Waals surface area contributed by atoms with Crippen molar-refractivity contribution in [2.24, 2.45) is 5.73 Å². The highest BCUT2D eigenvalue weighted by molar-refractivity contribution is 6.30. The van der Waals surface area contributed by atoms with Gasteiger partial charge in [-0.05, 0) is 29.8 Å². The molecule has 0 spiro atoms. The van der Waals surface area contributed by atoms with Gasteiger partial charge in [-0.15, -0.1) is 0 Å². The average molecular weight is 239 g/mol. The molecule has 0 fully saturated rings. The van der Waals surface area contributed by atoms with Crippen LogP contribution in [0.1, 0.15) is 11.3 Å². The molecule has 0 aliphatic heterocycles. The van der Waals surface area contributed by atoms with Gasteiger partial charge >= 0.3 is 0 Å². The third kappa shape index (κ3) is 2.26. The highest BCUT2D eigenvalue weighted by Crippen LogP contribution is 2.16. The summed E-state index contributed by atoms with van der Waals surface area (Å²) in [6.07, 6.45) is 1.93. The summed E-state index contributed by atoms with van der Waals surface area (Å²) in [6, 6.07) is 8.70. The van der Waals surface area contributed by atoms with Crippen molar-refractivity contribution >= 4 is 11.6 Å². The molecular weight excluding hydrogens is 227 g/mol. The van der Waals surface area contributed by atoms with Crippen LogP contribution < -0.4 is 5.73 Å². The van der Waals surface area contributed by atoms with Crippen molar-refractivity contribution in [3.63, 3.8) is 0 Å². The minimum Gasteiger partial charge on any atom is -0.346 e. The lowest BCUT2D eigenvalue weighted by Crippen LogP contribution is -2.07. The molecule has 0 saturated heterocycles. The summed E-state index contributed by atoms with van der Waals surface area (Å²) in [7, 11) is 0. The lowest BCUT2D eigenvalue weighted by Gasteiger charge is -2.08. The van der Waals surface area contributed by atoms with Crippen LogP contribution in [0.4, 0.5) is 4.39 Å². The molecule has 0 radical (unpaired) electrons. The largest absolute Gasteiger partial charge is 0.346 e. The molecule has 2 N–H and O–H groups in total. The van der Waals surface area contributed by atoms with Crippen molar-refractivity contribution in [1.82, 2.24) is 4.57 Å². The van der Waals surface area contributed by atoms with Gasteiger partial charge in [0.2, 0.25) is 0 Å². The first-order valence-corrected chi connectivity index (χ1v) is 5.36. The fraction of sp³-hybridized carbons (Fsp3) is 0.167. The van der Waals surface area contributed by atoms with Crippen LogP contribution in [0.3, 0.4) is 0 Å². The van der Waals surface area contributed by atoms with Crippen LogP contribution in [-0.4, -0.2) is 4.57 Å². The molecule has 0 saturated carbocycles. The Kier molecular flexibility index (Phi) is 3.27. The van der Waals surface area contributed by atoms with Gasteiger partial charge in [0.15, 0.2) is 0 Å². The van der Waals surface area contributed by atoms with Gasteiger partial charge < -0.3 is 10.3 Å². The molecule has 0 bridgehead atoms. The number of benzene rings is 1. The number of hydrogen-bond donors (Lipinski definition) is 1. The SMILES string of the molecule is NCc1cccn1Cc1ccc(Cl)c(F)c1. The summed E-state index contributed by atoms with van der Waals surface area (Å²) in [5.74, 6) is -0.388. The summed E-state index contributed by atoms with van der Waals surface area (Å²) in [5.41, 5.74) is 7.48. The maximum atomic E-state index is 13.2. The number of nitrogens with two attached hydrogens (primary N) is 1. The summed E-state index contributed by atoms with van der Waals surface area (Å²) < 4.78 is 15.2. The van der Waals surface area contributed by atoms with E-state index >= 15 is 0 Å². The first-order valence-electron chi connectivity index (χ1n) is 4.98. The van der Waals surface area contributed by atoms with Crippen molar-refractivity contribution in [2.45, 2.75) is 13.1 Å². The smallest absolute Gasteiger partial charge is 0.142 e. The van der Waals surface area contributed by atoms with Crippen LogP contribution in [0, 0.1) is 5.82 Å². The Balaban J connectivity index is 2.24. The van der Waals surface area contributed by atoms with Crippen LogP contribution >= 0.6 is 11.6 Å². The monoisotopic (exact) mass is 238 g/mol. The predicted octanol–water partition coefficient (Wildman–Crippen LogP) is 2.79. The average Bonchev–Trinajstić information content (AvgIpc) is 2.71. The zero-order valence-electron chi connectivity index (χ0n) is 8.66. The Morgan fingerprint density at radius 2 is 2.12 bits per heavy atom. The predicted molar refractivity (Wildman–Crippen MR) is 62.8 cm³/mol. The van der Waals surface area contributed by atoms with E-state index in [1.807, 2.05) is 29.0 Å². The van der Waals surface area contributed by atoms with E-state index in [9.17, 15) is 4.39 Å². The normalized spacial score (nSPS) is 10.7. The van der Waals surface area contributed by atoms with E-state index in [0.717, 1.165) is 11.3 Å². The second-order valence-electron chi connectivity index (χ2n) is 3.58. The van der Waals surface area contributed by atoms with Crippen molar-refractivity contribution in [3.05, 3.63) is 58.6 Å². The standard InChI is InChI=1S/C12H12ClFN2/c13-11-4-3-9(6-12(11)14)8-16-5-1-2-10(16)7-15/h1-6H,7-8,15H2. The summed E-state index contributed by atoms with van der Waals surface area (Å²) in [5, 5.41) is 0.148. The third-order valence-electron chi connectivity index (χ3n) is 2.47. The van der Waals surface area contributed by atoms with Gasteiger partial charge in [0, 0.05) is 25.0 Å². The van der Waals surface area contributed by atoms with E-state index < -0.39 is 0 Å². The molecule has 4 heteroatoms. The van der Waals surface area contributed by atoms with Gasteiger partial charge in [0.25, 0.3) is 0 Å². The third-order valence-corrected chi connectivity index (χ3v) is 2.78. The molecule has 2 rings (SSSR count). The zero-order valence-corrected chi connectivity index (χ0v) is 9.41. The molecule has 84 valence electrons. The molecule has 16 heavy (non-hydrogen) atoms. The van der Waals surface area contributed by atoms with E-state index in [2.05, 4.69) is 0 Å². The van der Waals surface area contributed by atoms with Crippen LogP contribution in [0.5, 0.6) is 0 Å². The van der Waals surface area contributed by atoms with Crippen molar-refractivity contribution in [2.75, 3.05) is 0 Å². The number of aromatic nitrogens is 1. The van der Waals surface area contributed by atoms with Crippen molar-refractivity contribution in [1.29, 1.82) is 0 Å². The fourth-order valence-electron chi connectivity index (χ4n) is 1.62. The first kappa shape index (κ1) is 11.2. The molecule has 2 aromatic rings. The molecule has 0 aliphatic carbocycles. The van der Waals surface area contributed by atoms with Gasteiger partial charge in [-0.2, -0.15) is 0 Å². The summed E-state index contributed by atoms with van der Waals surface area (Å²) >= 11 is 5.62. The van der Waals surface area contributed by atoms with Crippen LogP contribution in [0.25, 0.3) is 0 Å². The Morgan fingerprint density at radius 1 is 1.31 bits per heavy atom. The zero-order chi connectivity index (χ0) is 11.5. The van der Waals surface area contributed by atoms with E-state index in [0.29, 0.717) is 13.1 Å². The van der Waals surface area contributed by atoms with E-state index in [4.69, 9.17) is 17.3 Å². The molecule has 0 amide bonds. The lowest BCUT2D eigenvalue weighted by atomic mass is 10.2. The Morgan fingerprint density at radius 3 is 2.81 bits per heavy atom. The molecule has 2 nitrogen and oxygen atoms in total. The first-order chi connectivity index (χ1) is 7.70. The van der Waals surface area contributed by atoms with E-state index in [1.165, 1.54) is 6.07 Å². The van der Waals surface area contributed by atoms with Crippen LogP contribution in [-0.2, 0) is 13.1 Å². The van der Waals surface area contributed by atoms with Crippen molar-refractivity contribution < 1.29 is 4.39 Å². The van der Waals surface area contributed by atoms with Crippen LogP contribution in [0.15, 0.2) is 36.5 Å². The molecule has 1 heterocycles. The van der Waals surface area contributed by atoms with Gasteiger partial charge in [0.1, 0.15) is 5.82 Å². The second-order valence-corrected chi connectivity index (χ2v) is 3.99. The van der Waals surface area contributed by atoms with E-state index in [1.54, 1.807) is 6.07 Å². The summed E-state index contributed by atoms with van der Waals surface area (Å²) in [6.45, 7) is 1.08. The molecule has 0 atom stereocenters. The Labute approximate surface area is 98.4 Å². The Bertz CT molecular complexity index is 494. The maximum Gasteiger partial charge on any atom is 0.142 e. The quantitative estimate of drug-likeness (QED) is 0.876. The topological polar surface area (TPSA) is 30.9 Å². The highest BCUT2D eigenvalue weighted by Gasteiger charge is 2.03. The minimum atomic E-state index is -0.388. The molecule has 1 aromatic carbocycles. The van der Waals surface area contributed by atoms with Gasteiger partial charge in [-0.1, -0.05) is 17.7 Å². The fourth-order valence-corrected chi connectivity index (χ4v) is 1.74. The number of rotatable bonds is 3. The molecular formula is C12H12ClFN2. The Hall–Kier alpha value is -1.32. The van der Waals surface area contributed by atoms with Gasteiger partial charge in [-0.3, -0.25) is 0 Å².